The molecule has 3 nitrogen and oxygen atoms in total. The van der Waals surface area contributed by atoms with E-state index in [9.17, 15) is 4.79 Å². The van der Waals surface area contributed by atoms with Gasteiger partial charge in [0.05, 0.1) is 0 Å². The van der Waals surface area contributed by atoms with Crippen molar-refractivity contribution in [1.29, 1.82) is 0 Å². The summed E-state index contributed by atoms with van der Waals surface area (Å²) >= 11 is 0. The zero-order chi connectivity index (χ0) is 13.0. The number of amides is 1. The van der Waals surface area contributed by atoms with Crippen LogP contribution < -0.4 is 11.1 Å². The summed E-state index contributed by atoms with van der Waals surface area (Å²) in [5, 5.41) is 3.21. The van der Waals surface area contributed by atoms with E-state index in [0.29, 0.717) is 17.2 Å². The molecule has 0 bridgehead atoms. The molecule has 2 rings (SSSR count). The molecule has 0 unspecified atom stereocenters. The first-order chi connectivity index (χ1) is 8.69. The van der Waals surface area contributed by atoms with Crippen LogP contribution in [0.3, 0.4) is 0 Å². The molecule has 0 saturated heterocycles. The average Bonchev–Trinajstić information content (AvgIpc) is 2.38. The van der Waals surface area contributed by atoms with Gasteiger partial charge in [0.25, 0.3) is 0 Å². The molecule has 2 saturated carbocycles. The fourth-order valence-corrected chi connectivity index (χ4v) is 3.41. The van der Waals surface area contributed by atoms with Gasteiger partial charge >= 0.3 is 0 Å². The molecule has 104 valence electrons. The quantitative estimate of drug-likeness (QED) is 0.789. The molecular weight excluding hydrogens is 224 g/mol. The highest BCUT2D eigenvalue weighted by atomic mass is 16.1. The lowest BCUT2D eigenvalue weighted by Crippen LogP contribution is -2.44. The van der Waals surface area contributed by atoms with Crippen molar-refractivity contribution < 1.29 is 4.79 Å². The van der Waals surface area contributed by atoms with Gasteiger partial charge in [0, 0.05) is 12.5 Å². The molecule has 0 heterocycles. The first kappa shape index (κ1) is 13.9. The van der Waals surface area contributed by atoms with E-state index in [1.54, 1.807) is 0 Å². The van der Waals surface area contributed by atoms with Crippen LogP contribution in [0.4, 0.5) is 0 Å². The maximum absolute atomic E-state index is 12.2. The van der Waals surface area contributed by atoms with Gasteiger partial charge in [-0.05, 0) is 62.8 Å². The molecule has 0 spiro atoms. The van der Waals surface area contributed by atoms with Crippen molar-refractivity contribution in [2.24, 2.45) is 23.0 Å². The average molecular weight is 252 g/mol. The van der Waals surface area contributed by atoms with Crippen LogP contribution in [-0.2, 0) is 4.79 Å². The first-order valence-corrected chi connectivity index (χ1v) is 7.67. The smallest absolute Gasteiger partial charge is 0.223 e. The summed E-state index contributed by atoms with van der Waals surface area (Å²) in [7, 11) is 0. The summed E-state index contributed by atoms with van der Waals surface area (Å²) in [6, 6.07) is 0. The lowest BCUT2D eigenvalue weighted by atomic mass is 9.67. The molecule has 1 amide bonds. The molecule has 0 aromatic rings. The SMILES string of the molecule is CCC1(CNC(=O)C2CCC(CN)CC2)CCC1. The number of nitrogens with two attached hydrogens (primary N) is 1. The van der Waals surface area contributed by atoms with Crippen molar-refractivity contribution in [3.63, 3.8) is 0 Å². The van der Waals surface area contributed by atoms with Crippen LogP contribution in [0.25, 0.3) is 0 Å². The van der Waals surface area contributed by atoms with E-state index >= 15 is 0 Å². The lowest BCUT2D eigenvalue weighted by molar-refractivity contribution is -0.127. The highest BCUT2D eigenvalue weighted by Crippen LogP contribution is 2.43. The zero-order valence-corrected chi connectivity index (χ0v) is 11.7. The van der Waals surface area contributed by atoms with Crippen LogP contribution in [0.15, 0.2) is 0 Å². The Morgan fingerprint density at radius 2 is 1.94 bits per heavy atom. The molecule has 0 aromatic heterocycles. The van der Waals surface area contributed by atoms with Gasteiger partial charge < -0.3 is 11.1 Å². The van der Waals surface area contributed by atoms with Gasteiger partial charge in [0.15, 0.2) is 0 Å². The summed E-state index contributed by atoms with van der Waals surface area (Å²) in [4.78, 5) is 12.2. The number of carbonyl (C=O) groups excluding carboxylic acids is 1. The van der Waals surface area contributed by atoms with Gasteiger partial charge in [-0.1, -0.05) is 13.3 Å². The molecule has 2 aliphatic carbocycles. The van der Waals surface area contributed by atoms with Crippen molar-refractivity contribution in [1.82, 2.24) is 5.32 Å². The summed E-state index contributed by atoms with van der Waals surface area (Å²) < 4.78 is 0. The largest absolute Gasteiger partial charge is 0.355 e. The molecule has 3 N–H and O–H groups in total. The second-order valence-electron chi connectivity index (χ2n) is 6.38. The molecule has 18 heavy (non-hydrogen) atoms. The third-order valence-electron chi connectivity index (χ3n) is 5.35. The Morgan fingerprint density at radius 3 is 2.39 bits per heavy atom. The van der Waals surface area contributed by atoms with E-state index in [2.05, 4.69) is 12.2 Å². The van der Waals surface area contributed by atoms with E-state index in [4.69, 9.17) is 5.73 Å². The predicted molar refractivity (Wildman–Crippen MR) is 74.1 cm³/mol. The van der Waals surface area contributed by atoms with Gasteiger partial charge in [0.2, 0.25) is 5.91 Å². The lowest BCUT2D eigenvalue weighted by Gasteiger charge is -2.41. The Labute approximate surface area is 111 Å². The summed E-state index contributed by atoms with van der Waals surface area (Å²) in [6.07, 6.45) is 9.46. The Kier molecular flexibility index (Phi) is 4.66. The van der Waals surface area contributed by atoms with Crippen molar-refractivity contribution in [3.05, 3.63) is 0 Å². The second kappa shape index (κ2) is 6.05. The van der Waals surface area contributed by atoms with Crippen LogP contribution in [0.2, 0.25) is 0 Å². The zero-order valence-electron chi connectivity index (χ0n) is 11.7. The highest BCUT2D eigenvalue weighted by molar-refractivity contribution is 5.78. The minimum atomic E-state index is 0.252. The van der Waals surface area contributed by atoms with Crippen LogP contribution in [0.1, 0.15) is 58.3 Å². The van der Waals surface area contributed by atoms with Gasteiger partial charge in [-0.25, -0.2) is 0 Å². The molecule has 0 atom stereocenters. The van der Waals surface area contributed by atoms with Gasteiger partial charge in [0.1, 0.15) is 0 Å². The molecule has 2 aliphatic rings. The minimum absolute atomic E-state index is 0.252. The first-order valence-electron chi connectivity index (χ1n) is 7.67. The van der Waals surface area contributed by atoms with Gasteiger partial charge in [-0.2, -0.15) is 0 Å². The maximum atomic E-state index is 12.2. The topological polar surface area (TPSA) is 55.1 Å². The Balaban J connectivity index is 1.72. The summed E-state index contributed by atoms with van der Waals surface area (Å²) in [6.45, 7) is 3.93. The van der Waals surface area contributed by atoms with Crippen molar-refractivity contribution >= 4 is 5.91 Å². The monoisotopic (exact) mass is 252 g/mol. The normalized spacial score (nSPS) is 30.6. The molecule has 0 aromatic carbocycles. The number of carbonyl (C=O) groups is 1. The van der Waals surface area contributed by atoms with E-state index in [1.807, 2.05) is 0 Å². The molecule has 0 aliphatic heterocycles. The van der Waals surface area contributed by atoms with Crippen LogP contribution in [-0.4, -0.2) is 19.0 Å². The summed E-state index contributed by atoms with van der Waals surface area (Å²) in [5.74, 6) is 1.20. The summed E-state index contributed by atoms with van der Waals surface area (Å²) in [5.41, 5.74) is 6.12. The highest BCUT2D eigenvalue weighted by Gasteiger charge is 2.36. The minimum Gasteiger partial charge on any atom is -0.355 e. The Hall–Kier alpha value is -0.570. The van der Waals surface area contributed by atoms with E-state index in [1.165, 1.54) is 25.7 Å². The predicted octanol–water partition coefficient (Wildman–Crippen LogP) is 2.45. The van der Waals surface area contributed by atoms with Crippen molar-refractivity contribution in [3.8, 4) is 0 Å². The standard InChI is InChI=1S/C15H28N2O/c1-2-15(8-3-9-15)11-17-14(18)13-6-4-12(10-16)5-7-13/h12-13H,2-11,16H2,1H3,(H,17,18). The Bertz CT molecular complexity index is 273. The van der Waals surface area contributed by atoms with Crippen LogP contribution in [0, 0.1) is 17.3 Å². The maximum Gasteiger partial charge on any atom is 0.223 e. The third-order valence-corrected chi connectivity index (χ3v) is 5.35. The molecule has 0 radical (unpaired) electrons. The van der Waals surface area contributed by atoms with E-state index < -0.39 is 0 Å². The van der Waals surface area contributed by atoms with Crippen molar-refractivity contribution in [2.75, 3.05) is 13.1 Å². The van der Waals surface area contributed by atoms with Crippen LogP contribution >= 0.6 is 0 Å². The van der Waals surface area contributed by atoms with Gasteiger partial charge in [-0.3, -0.25) is 4.79 Å². The number of hydrogen-bond acceptors (Lipinski definition) is 2. The van der Waals surface area contributed by atoms with Crippen molar-refractivity contribution in [2.45, 2.75) is 58.3 Å². The van der Waals surface area contributed by atoms with Gasteiger partial charge in [-0.15, -0.1) is 0 Å². The fourth-order valence-electron chi connectivity index (χ4n) is 3.41. The molecule has 2 fully saturated rings. The number of hydrogen-bond donors (Lipinski definition) is 2. The van der Waals surface area contributed by atoms with Crippen LogP contribution in [0.5, 0.6) is 0 Å². The van der Waals surface area contributed by atoms with E-state index in [0.717, 1.165) is 38.8 Å². The third kappa shape index (κ3) is 3.05. The molecule has 3 heteroatoms. The Morgan fingerprint density at radius 1 is 1.28 bits per heavy atom. The number of nitrogens with one attached hydrogen (secondary N) is 1. The number of rotatable bonds is 5. The van der Waals surface area contributed by atoms with E-state index in [-0.39, 0.29) is 5.92 Å². The molecular formula is C15H28N2O. The second-order valence-corrected chi connectivity index (χ2v) is 6.38. The fraction of sp³-hybridized carbons (Fsp3) is 0.933.